The second kappa shape index (κ2) is 6.32. The molecule has 3 nitrogen and oxygen atoms in total. The molecule has 2 fully saturated rings. The van der Waals surface area contributed by atoms with Crippen LogP contribution in [0.3, 0.4) is 0 Å². The number of ether oxygens (including phenoxy) is 1. The van der Waals surface area contributed by atoms with Gasteiger partial charge in [0.2, 0.25) is 0 Å². The highest BCUT2D eigenvalue weighted by Gasteiger charge is 2.30. The largest absolute Gasteiger partial charge is 0.494 e. The number of methoxy groups -OCH3 is 1. The number of rotatable bonds is 8. The Balaban J connectivity index is 1.61. The summed E-state index contributed by atoms with van der Waals surface area (Å²) in [6.07, 6.45) is 5.42. The molecule has 116 valence electrons. The summed E-state index contributed by atoms with van der Waals surface area (Å²) in [7, 11) is 1.48. The van der Waals surface area contributed by atoms with E-state index < -0.39 is 0 Å². The second-order valence-electron chi connectivity index (χ2n) is 6.61. The molecule has 2 N–H and O–H groups in total. The van der Waals surface area contributed by atoms with Crippen LogP contribution in [0.5, 0.6) is 5.75 Å². The molecular weight excluding hydrogens is 267 g/mol. The van der Waals surface area contributed by atoms with Crippen LogP contribution in [-0.4, -0.2) is 31.6 Å². The van der Waals surface area contributed by atoms with Crippen molar-refractivity contribution in [3.8, 4) is 5.75 Å². The fourth-order valence-electron chi connectivity index (χ4n) is 2.85. The molecule has 3 rings (SSSR count). The molecule has 2 aliphatic carbocycles. The Morgan fingerprint density at radius 3 is 2.33 bits per heavy atom. The third kappa shape index (κ3) is 4.17. The summed E-state index contributed by atoms with van der Waals surface area (Å²) in [5, 5.41) is 0. The monoisotopic (exact) mass is 292 g/mol. The van der Waals surface area contributed by atoms with E-state index in [1.807, 2.05) is 6.07 Å². The Morgan fingerprint density at radius 2 is 1.86 bits per heavy atom. The average molecular weight is 292 g/mol. The number of hydrogen-bond donors (Lipinski definition) is 1. The van der Waals surface area contributed by atoms with Gasteiger partial charge in [-0.25, -0.2) is 4.39 Å². The van der Waals surface area contributed by atoms with Crippen LogP contribution >= 0.6 is 0 Å². The Hall–Kier alpha value is -1.13. The fraction of sp³-hybridized carbons (Fsp3) is 0.647. The van der Waals surface area contributed by atoms with E-state index >= 15 is 0 Å². The molecule has 0 heterocycles. The summed E-state index contributed by atoms with van der Waals surface area (Å²) in [6.45, 7) is 3.13. The third-order valence-electron chi connectivity index (χ3n) is 4.49. The van der Waals surface area contributed by atoms with Gasteiger partial charge >= 0.3 is 0 Å². The maximum atomic E-state index is 13.8. The maximum absolute atomic E-state index is 13.8. The zero-order valence-corrected chi connectivity index (χ0v) is 12.7. The van der Waals surface area contributed by atoms with E-state index in [0.717, 1.165) is 37.0 Å². The topological polar surface area (TPSA) is 38.5 Å². The quantitative estimate of drug-likeness (QED) is 0.800. The van der Waals surface area contributed by atoms with E-state index in [9.17, 15) is 4.39 Å². The molecule has 1 unspecified atom stereocenters. The first kappa shape index (κ1) is 14.8. The van der Waals surface area contributed by atoms with Gasteiger partial charge in [-0.1, -0.05) is 6.07 Å². The van der Waals surface area contributed by atoms with Crippen LogP contribution in [0.25, 0.3) is 0 Å². The van der Waals surface area contributed by atoms with Gasteiger partial charge in [0, 0.05) is 25.7 Å². The SMILES string of the molecule is COc1ccc(C(N)CN(CC2CC2)CC2CC2)cc1F. The molecule has 0 radical (unpaired) electrons. The van der Waals surface area contributed by atoms with E-state index in [-0.39, 0.29) is 17.6 Å². The lowest BCUT2D eigenvalue weighted by atomic mass is 10.1. The molecule has 0 amide bonds. The summed E-state index contributed by atoms with van der Waals surface area (Å²) in [4.78, 5) is 2.49. The Labute approximate surface area is 126 Å². The number of nitrogens with zero attached hydrogens (tertiary/aromatic N) is 1. The lowest BCUT2D eigenvalue weighted by molar-refractivity contribution is 0.238. The molecule has 0 spiro atoms. The molecule has 4 heteroatoms. The number of halogens is 1. The Morgan fingerprint density at radius 1 is 1.24 bits per heavy atom. The highest BCUT2D eigenvalue weighted by Crippen LogP contribution is 2.34. The predicted molar refractivity (Wildman–Crippen MR) is 81.8 cm³/mol. The van der Waals surface area contributed by atoms with E-state index in [0.29, 0.717) is 0 Å². The second-order valence-corrected chi connectivity index (χ2v) is 6.61. The first-order chi connectivity index (χ1) is 10.2. The highest BCUT2D eigenvalue weighted by atomic mass is 19.1. The summed E-state index contributed by atoms with van der Waals surface area (Å²) < 4.78 is 18.8. The van der Waals surface area contributed by atoms with Crippen molar-refractivity contribution in [2.24, 2.45) is 17.6 Å². The van der Waals surface area contributed by atoms with Crippen LogP contribution in [0.2, 0.25) is 0 Å². The zero-order valence-electron chi connectivity index (χ0n) is 12.7. The normalized spacial score (nSPS) is 19.8. The predicted octanol–water partition coefficient (Wildman–Crippen LogP) is 2.96. The fourth-order valence-corrected chi connectivity index (χ4v) is 2.85. The van der Waals surface area contributed by atoms with Crippen molar-refractivity contribution < 1.29 is 9.13 Å². The van der Waals surface area contributed by atoms with Crippen molar-refractivity contribution in [3.63, 3.8) is 0 Å². The molecule has 0 aromatic heterocycles. The van der Waals surface area contributed by atoms with E-state index in [1.165, 1.54) is 38.9 Å². The molecule has 2 saturated carbocycles. The Bertz CT molecular complexity index is 472. The van der Waals surface area contributed by atoms with Crippen LogP contribution in [0, 0.1) is 17.7 Å². The minimum Gasteiger partial charge on any atom is -0.494 e. The van der Waals surface area contributed by atoms with Gasteiger partial charge in [-0.2, -0.15) is 0 Å². The van der Waals surface area contributed by atoms with Crippen LogP contribution in [0.4, 0.5) is 4.39 Å². The maximum Gasteiger partial charge on any atom is 0.165 e. The van der Waals surface area contributed by atoms with E-state index in [2.05, 4.69) is 4.90 Å². The van der Waals surface area contributed by atoms with Crippen molar-refractivity contribution in [2.75, 3.05) is 26.7 Å². The van der Waals surface area contributed by atoms with E-state index in [1.54, 1.807) is 6.07 Å². The third-order valence-corrected chi connectivity index (χ3v) is 4.49. The summed E-state index contributed by atoms with van der Waals surface area (Å²) in [6, 6.07) is 4.91. The van der Waals surface area contributed by atoms with Crippen LogP contribution in [0.1, 0.15) is 37.3 Å². The van der Waals surface area contributed by atoms with Crippen LogP contribution < -0.4 is 10.5 Å². The minimum atomic E-state index is -0.332. The molecule has 0 saturated heterocycles. The van der Waals surface area contributed by atoms with Crippen LogP contribution in [0.15, 0.2) is 18.2 Å². The van der Waals surface area contributed by atoms with Gasteiger partial charge in [-0.05, 0) is 55.2 Å². The zero-order chi connectivity index (χ0) is 14.8. The van der Waals surface area contributed by atoms with E-state index in [4.69, 9.17) is 10.5 Å². The summed E-state index contributed by atoms with van der Waals surface area (Å²) in [5.74, 6) is 1.67. The average Bonchev–Trinajstić information content (AvgIpc) is 3.35. The number of hydrogen-bond acceptors (Lipinski definition) is 3. The van der Waals surface area contributed by atoms with Gasteiger partial charge in [0.1, 0.15) is 0 Å². The molecular formula is C17H25FN2O. The molecule has 21 heavy (non-hydrogen) atoms. The first-order valence-corrected chi connectivity index (χ1v) is 7.97. The summed E-state index contributed by atoms with van der Waals surface area (Å²) >= 11 is 0. The van der Waals surface area contributed by atoms with Crippen molar-refractivity contribution in [3.05, 3.63) is 29.6 Å². The molecule has 2 aliphatic rings. The molecule has 1 aromatic rings. The lowest BCUT2D eigenvalue weighted by Gasteiger charge is -2.26. The number of benzene rings is 1. The molecule has 0 bridgehead atoms. The van der Waals surface area contributed by atoms with Gasteiger partial charge in [-0.3, -0.25) is 0 Å². The minimum absolute atomic E-state index is 0.136. The highest BCUT2D eigenvalue weighted by molar-refractivity contribution is 5.31. The molecule has 1 aromatic carbocycles. The van der Waals surface area contributed by atoms with Crippen molar-refractivity contribution in [1.29, 1.82) is 0 Å². The van der Waals surface area contributed by atoms with Crippen molar-refractivity contribution in [1.82, 2.24) is 4.90 Å². The van der Waals surface area contributed by atoms with Gasteiger partial charge < -0.3 is 15.4 Å². The van der Waals surface area contributed by atoms with Gasteiger partial charge in [0.05, 0.1) is 7.11 Å². The number of nitrogens with two attached hydrogens (primary N) is 1. The lowest BCUT2D eigenvalue weighted by Crippen LogP contribution is -2.35. The molecule has 0 aliphatic heterocycles. The van der Waals surface area contributed by atoms with Crippen LogP contribution in [-0.2, 0) is 0 Å². The Kier molecular flexibility index (Phi) is 4.45. The van der Waals surface area contributed by atoms with Gasteiger partial charge in [0.15, 0.2) is 11.6 Å². The standard InChI is InChI=1S/C17H25FN2O/c1-21-17-7-6-14(8-15(17)18)16(19)11-20(9-12-2-3-12)10-13-4-5-13/h6-8,12-13,16H,2-5,9-11,19H2,1H3. The van der Waals surface area contributed by atoms with Gasteiger partial charge in [0.25, 0.3) is 0 Å². The smallest absolute Gasteiger partial charge is 0.165 e. The van der Waals surface area contributed by atoms with Crippen molar-refractivity contribution >= 4 is 0 Å². The molecule has 1 atom stereocenters. The van der Waals surface area contributed by atoms with Gasteiger partial charge in [-0.15, -0.1) is 0 Å². The summed E-state index contributed by atoms with van der Waals surface area (Å²) in [5.41, 5.74) is 7.15. The van der Waals surface area contributed by atoms with Crippen molar-refractivity contribution in [2.45, 2.75) is 31.7 Å². The first-order valence-electron chi connectivity index (χ1n) is 7.97.